The number of carbonyl (C=O) groups is 1. The molecule has 1 heterocycles. The van der Waals surface area contributed by atoms with Crippen molar-refractivity contribution in [1.82, 2.24) is 0 Å². The maximum Gasteiger partial charge on any atom is 0.491 e. The first-order chi connectivity index (χ1) is 10.2. The molecule has 118 valence electrons. The van der Waals surface area contributed by atoms with Gasteiger partial charge in [-0.3, -0.25) is 4.79 Å². The van der Waals surface area contributed by atoms with Crippen molar-refractivity contribution in [3.05, 3.63) is 34.8 Å². The van der Waals surface area contributed by atoms with E-state index in [1.807, 2.05) is 27.7 Å². The molecule has 1 aliphatic rings. The van der Waals surface area contributed by atoms with Crippen molar-refractivity contribution >= 4 is 19.5 Å². The van der Waals surface area contributed by atoms with Crippen molar-refractivity contribution in [2.45, 2.75) is 38.9 Å². The molecular weight excluding hydrogens is 281 g/mol. The molecule has 1 aromatic carbocycles. The molecular formula is C16H22BNO4. The summed E-state index contributed by atoms with van der Waals surface area (Å²) in [6.45, 7) is 8.13. The number of hydrogen-bond donors (Lipinski definition) is 2. The molecule has 0 atom stereocenters. The third kappa shape index (κ3) is 3.09. The normalized spacial score (nSPS) is 20.2. The van der Waals surface area contributed by atoms with E-state index in [4.69, 9.17) is 15.0 Å². The Morgan fingerprint density at radius 1 is 1.23 bits per heavy atom. The third-order valence-corrected chi connectivity index (χ3v) is 4.33. The largest absolute Gasteiger partial charge is 0.508 e. The number of aldehydes is 1. The topological polar surface area (TPSA) is 81.8 Å². The zero-order valence-corrected chi connectivity index (χ0v) is 13.4. The van der Waals surface area contributed by atoms with Crippen molar-refractivity contribution in [2.75, 3.05) is 6.54 Å². The quantitative estimate of drug-likeness (QED) is 0.658. The van der Waals surface area contributed by atoms with Crippen molar-refractivity contribution in [3.63, 3.8) is 0 Å². The molecule has 5 nitrogen and oxygen atoms in total. The van der Waals surface area contributed by atoms with E-state index in [0.29, 0.717) is 17.4 Å². The van der Waals surface area contributed by atoms with Gasteiger partial charge in [-0.25, -0.2) is 0 Å². The molecule has 0 amide bonds. The first-order valence-corrected chi connectivity index (χ1v) is 7.24. The van der Waals surface area contributed by atoms with Crippen LogP contribution in [0.3, 0.4) is 0 Å². The zero-order chi connectivity index (χ0) is 16.5. The van der Waals surface area contributed by atoms with Gasteiger partial charge in [-0.05, 0) is 50.9 Å². The Balaban J connectivity index is 2.36. The van der Waals surface area contributed by atoms with E-state index in [0.717, 1.165) is 5.47 Å². The summed E-state index contributed by atoms with van der Waals surface area (Å²) in [5.41, 5.74) is 6.74. The molecule has 1 saturated heterocycles. The highest BCUT2D eigenvalue weighted by Gasteiger charge is 2.52. The summed E-state index contributed by atoms with van der Waals surface area (Å²) in [4.78, 5) is 11.1. The second-order valence-electron chi connectivity index (χ2n) is 6.44. The number of benzene rings is 1. The summed E-state index contributed by atoms with van der Waals surface area (Å²) >= 11 is 0. The van der Waals surface area contributed by atoms with Gasteiger partial charge in [-0.2, -0.15) is 0 Å². The number of carbonyl (C=O) groups excluding carboxylic acids is 1. The van der Waals surface area contributed by atoms with E-state index in [9.17, 15) is 9.90 Å². The summed E-state index contributed by atoms with van der Waals surface area (Å²) in [7, 11) is -0.552. The summed E-state index contributed by atoms with van der Waals surface area (Å²) < 4.78 is 12.0. The van der Waals surface area contributed by atoms with Crippen molar-refractivity contribution < 1.29 is 19.2 Å². The monoisotopic (exact) mass is 303 g/mol. The molecule has 0 spiro atoms. The fourth-order valence-electron chi connectivity index (χ4n) is 2.21. The molecule has 0 saturated carbocycles. The Hall–Kier alpha value is -1.63. The average molecular weight is 303 g/mol. The molecule has 1 aromatic rings. The lowest BCUT2D eigenvalue weighted by Gasteiger charge is -2.32. The van der Waals surface area contributed by atoms with Crippen LogP contribution in [-0.2, 0) is 9.31 Å². The molecule has 1 aliphatic heterocycles. The van der Waals surface area contributed by atoms with E-state index in [1.165, 1.54) is 12.1 Å². The Labute approximate surface area is 131 Å². The van der Waals surface area contributed by atoms with Crippen LogP contribution in [0.1, 0.15) is 43.6 Å². The third-order valence-electron chi connectivity index (χ3n) is 4.33. The molecule has 0 bridgehead atoms. The number of hydrogen-bond acceptors (Lipinski definition) is 5. The Kier molecular flexibility index (Phi) is 4.47. The van der Waals surface area contributed by atoms with Gasteiger partial charge in [0.25, 0.3) is 0 Å². The fraction of sp³-hybridized carbons (Fsp3) is 0.438. The van der Waals surface area contributed by atoms with Gasteiger partial charge in [-0.15, -0.1) is 0 Å². The molecule has 0 aromatic heterocycles. The summed E-state index contributed by atoms with van der Waals surface area (Å²) in [5.74, 6) is 0.0455. The van der Waals surface area contributed by atoms with Gasteiger partial charge < -0.3 is 20.1 Å². The minimum absolute atomic E-state index is 0.0455. The Bertz CT molecular complexity index is 594. The molecule has 0 radical (unpaired) electrons. The Morgan fingerprint density at radius 3 is 2.32 bits per heavy atom. The minimum atomic E-state index is -0.552. The number of rotatable bonds is 4. The zero-order valence-electron chi connectivity index (χ0n) is 13.4. The number of phenols is 1. The fourth-order valence-corrected chi connectivity index (χ4v) is 2.21. The van der Waals surface area contributed by atoms with Gasteiger partial charge >= 0.3 is 7.12 Å². The van der Waals surface area contributed by atoms with E-state index in [-0.39, 0.29) is 12.3 Å². The van der Waals surface area contributed by atoms with Crippen LogP contribution in [-0.4, -0.2) is 36.3 Å². The van der Waals surface area contributed by atoms with Crippen LogP contribution in [0.5, 0.6) is 5.75 Å². The van der Waals surface area contributed by atoms with Gasteiger partial charge in [0.05, 0.1) is 11.2 Å². The van der Waals surface area contributed by atoms with Crippen LogP contribution in [0, 0.1) is 0 Å². The summed E-state index contributed by atoms with van der Waals surface area (Å²) in [6, 6.07) is 4.61. The first-order valence-electron chi connectivity index (χ1n) is 7.24. The second-order valence-corrected chi connectivity index (χ2v) is 6.44. The highest BCUT2D eigenvalue weighted by Crippen LogP contribution is 2.38. The van der Waals surface area contributed by atoms with Gasteiger partial charge in [0.1, 0.15) is 5.75 Å². The minimum Gasteiger partial charge on any atom is -0.508 e. The van der Waals surface area contributed by atoms with Crippen LogP contribution in [0.4, 0.5) is 0 Å². The lowest BCUT2D eigenvalue weighted by atomic mass is 9.77. The average Bonchev–Trinajstić information content (AvgIpc) is 2.65. The maximum absolute atomic E-state index is 11.1. The predicted molar refractivity (Wildman–Crippen MR) is 86.6 cm³/mol. The van der Waals surface area contributed by atoms with E-state index in [1.54, 1.807) is 12.1 Å². The van der Waals surface area contributed by atoms with Crippen LogP contribution >= 0.6 is 0 Å². The van der Waals surface area contributed by atoms with E-state index in [2.05, 4.69) is 0 Å². The number of phenolic OH excluding ortho intramolecular Hbond substituents is 1. The molecule has 0 aliphatic carbocycles. The van der Waals surface area contributed by atoms with Crippen molar-refractivity contribution in [1.29, 1.82) is 0 Å². The predicted octanol–water partition coefficient (Wildman–Crippen LogP) is 2.18. The van der Waals surface area contributed by atoms with Gasteiger partial charge in [-0.1, -0.05) is 12.1 Å². The molecule has 0 unspecified atom stereocenters. The second kappa shape index (κ2) is 5.87. The van der Waals surface area contributed by atoms with Gasteiger partial charge in [0.15, 0.2) is 6.29 Å². The van der Waals surface area contributed by atoms with Gasteiger partial charge in [0, 0.05) is 12.1 Å². The van der Waals surface area contributed by atoms with Crippen molar-refractivity contribution in [3.8, 4) is 5.75 Å². The summed E-state index contributed by atoms with van der Waals surface area (Å²) in [5, 5.41) is 9.46. The highest BCUT2D eigenvalue weighted by molar-refractivity contribution is 6.56. The lowest BCUT2D eigenvalue weighted by molar-refractivity contribution is 0.00578. The van der Waals surface area contributed by atoms with Crippen LogP contribution in [0.2, 0.25) is 0 Å². The van der Waals surface area contributed by atoms with Crippen LogP contribution < -0.4 is 5.73 Å². The standard InChI is InChI=1S/C16H22BNO4/c1-15(2)16(3,4)22-17(21-15)13(9-18)7-11-5-6-14(20)8-12(11)10-19/h5-8,10,20H,9,18H2,1-4H3. The smallest absolute Gasteiger partial charge is 0.491 e. The van der Waals surface area contributed by atoms with Crippen LogP contribution in [0.25, 0.3) is 6.08 Å². The lowest BCUT2D eigenvalue weighted by Crippen LogP contribution is -2.41. The maximum atomic E-state index is 11.1. The molecule has 3 N–H and O–H groups in total. The number of aromatic hydroxyl groups is 1. The first kappa shape index (κ1) is 16.7. The molecule has 1 fully saturated rings. The van der Waals surface area contributed by atoms with Crippen LogP contribution in [0.15, 0.2) is 23.7 Å². The van der Waals surface area contributed by atoms with E-state index < -0.39 is 18.3 Å². The molecule has 2 rings (SSSR count). The van der Waals surface area contributed by atoms with E-state index >= 15 is 0 Å². The van der Waals surface area contributed by atoms with Gasteiger partial charge in [0.2, 0.25) is 0 Å². The Morgan fingerprint density at radius 2 is 1.82 bits per heavy atom. The van der Waals surface area contributed by atoms with Crippen molar-refractivity contribution in [2.24, 2.45) is 5.73 Å². The number of nitrogens with two attached hydrogens (primary N) is 1. The molecule has 22 heavy (non-hydrogen) atoms. The highest BCUT2D eigenvalue weighted by atomic mass is 16.7. The summed E-state index contributed by atoms with van der Waals surface area (Å²) in [6.07, 6.45) is 2.48. The molecule has 6 heteroatoms. The SMILES string of the molecule is CC1(C)OB(C(=Cc2ccc(O)cc2C=O)CN)OC1(C)C.